The number of methoxy groups -OCH3 is 3. The quantitative estimate of drug-likeness (QED) is 0.264. The van der Waals surface area contributed by atoms with Gasteiger partial charge in [-0.1, -0.05) is 29.3 Å². The van der Waals surface area contributed by atoms with Gasteiger partial charge in [0, 0.05) is 44.9 Å². The van der Waals surface area contributed by atoms with E-state index in [4.69, 9.17) is 57.7 Å². The van der Waals surface area contributed by atoms with Crippen molar-refractivity contribution in [2.24, 2.45) is 5.73 Å². The summed E-state index contributed by atoms with van der Waals surface area (Å²) in [6.07, 6.45) is 8.41. The van der Waals surface area contributed by atoms with Crippen LogP contribution in [0.1, 0.15) is 39.5 Å². The van der Waals surface area contributed by atoms with Crippen molar-refractivity contribution >= 4 is 52.2 Å². The van der Waals surface area contributed by atoms with Crippen LogP contribution < -0.4 is 25.8 Å². The number of anilines is 2. The third-order valence-corrected chi connectivity index (χ3v) is 7.44. The highest BCUT2D eigenvalue weighted by Crippen LogP contribution is 2.46. The summed E-state index contributed by atoms with van der Waals surface area (Å²) < 4.78 is 21.6. The molecule has 13 heteroatoms. The van der Waals surface area contributed by atoms with Crippen LogP contribution in [0.25, 0.3) is 22.3 Å². The number of aromatic nitrogens is 3. The number of benzene rings is 1. The van der Waals surface area contributed by atoms with Crippen molar-refractivity contribution in [3.8, 4) is 22.9 Å². The van der Waals surface area contributed by atoms with Gasteiger partial charge in [0.2, 0.25) is 6.41 Å². The lowest BCUT2D eigenvalue weighted by atomic mass is 10.1. The number of nitrogens with two attached hydrogens (primary N) is 2. The van der Waals surface area contributed by atoms with Crippen LogP contribution in [0.4, 0.5) is 11.6 Å². The fraction of sp³-hybridized carbons (Fsp3) is 0.467. The number of allylic oxidation sites excluding steroid dienone is 1. The van der Waals surface area contributed by atoms with Crippen LogP contribution in [-0.4, -0.2) is 74.6 Å². The number of nitrogen functional groups attached to an aromatic ring is 1. The molecular formula is C30H42Cl2N6O5. The van der Waals surface area contributed by atoms with Crippen LogP contribution in [0, 0.1) is 0 Å². The molecule has 0 bridgehead atoms. The van der Waals surface area contributed by atoms with E-state index in [-0.39, 0.29) is 12.0 Å². The molecule has 2 aromatic heterocycles. The van der Waals surface area contributed by atoms with E-state index in [0.717, 1.165) is 31.6 Å². The summed E-state index contributed by atoms with van der Waals surface area (Å²) in [5.41, 5.74) is 10.9. The SMILES string of the molecule is C1CCOCC1.C=CC.COc1cc(OC)c(Cl)c(-c2nc(N3CCC(C)(OC)C3)c3cc(N)ncc3n2)c1Cl.NC=O. The first-order valence-electron chi connectivity index (χ1n) is 13.8. The van der Waals surface area contributed by atoms with E-state index >= 15 is 0 Å². The Morgan fingerprint density at radius 1 is 1.07 bits per heavy atom. The summed E-state index contributed by atoms with van der Waals surface area (Å²) in [4.78, 5) is 24.5. The zero-order valence-electron chi connectivity index (χ0n) is 25.5. The Morgan fingerprint density at radius 2 is 1.65 bits per heavy atom. The molecule has 11 nitrogen and oxygen atoms in total. The van der Waals surface area contributed by atoms with E-state index in [2.05, 4.69) is 34.1 Å². The molecule has 5 rings (SSSR count). The van der Waals surface area contributed by atoms with Crippen molar-refractivity contribution in [2.75, 3.05) is 58.3 Å². The van der Waals surface area contributed by atoms with E-state index < -0.39 is 0 Å². The summed E-state index contributed by atoms with van der Waals surface area (Å²) in [6.45, 7) is 10.8. The Morgan fingerprint density at radius 3 is 2.09 bits per heavy atom. The van der Waals surface area contributed by atoms with Gasteiger partial charge < -0.3 is 35.3 Å². The first kappa shape index (κ1) is 35.8. The Kier molecular flexibility index (Phi) is 14.7. The number of hydrogen-bond acceptors (Lipinski definition) is 10. The normalized spacial score (nSPS) is 17.3. The van der Waals surface area contributed by atoms with Crippen molar-refractivity contribution in [1.82, 2.24) is 15.0 Å². The highest BCUT2D eigenvalue weighted by molar-refractivity contribution is 6.41. The molecule has 0 spiro atoms. The second kappa shape index (κ2) is 17.7. The van der Waals surface area contributed by atoms with Gasteiger partial charge in [0.15, 0.2) is 5.82 Å². The molecule has 0 radical (unpaired) electrons. The molecule has 2 saturated heterocycles. The minimum Gasteiger partial charge on any atom is -0.495 e. The van der Waals surface area contributed by atoms with Crippen LogP contribution in [-0.2, 0) is 14.3 Å². The van der Waals surface area contributed by atoms with Crippen LogP contribution in [0.3, 0.4) is 0 Å². The first-order chi connectivity index (χ1) is 20.6. The van der Waals surface area contributed by atoms with Gasteiger partial charge >= 0.3 is 0 Å². The molecule has 4 N–H and O–H groups in total. The fourth-order valence-corrected chi connectivity index (χ4v) is 5.10. The number of carbonyl (C=O) groups is 1. The smallest absolute Gasteiger partial charge is 0.204 e. The minimum atomic E-state index is -0.273. The molecule has 1 atom stereocenters. The van der Waals surface area contributed by atoms with Crippen molar-refractivity contribution in [1.29, 1.82) is 0 Å². The summed E-state index contributed by atoms with van der Waals surface area (Å²) in [5.74, 6) is 2.26. The van der Waals surface area contributed by atoms with Crippen molar-refractivity contribution in [2.45, 2.75) is 45.1 Å². The number of halogens is 2. The standard InChI is InChI=1S/C21H23Cl2N5O3.C5H10O.C3H6.CH3NO/c1-21(31-4)5-6-28(10-21)20-11-7-15(24)25-9-12(11)26-19(27-20)16-17(22)13(29-2)8-14(30-3)18(16)23;1-2-4-6-5-3-1;1-3-2;2-1-3/h7-9H,5-6,10H2,1-4H3,(H2,24,25);1-5H2;3H,1H2,2H3;1H,(H2,2,3). The lowest BCUT2D eigenvalue weighted by molar-refractivity contribution is -0.106. The average Bonchev–Trinajstić information content (AvgIpc) is 3.41. The predicted molar refractivity (Wildman–Crippen MR) is 173 cm³/mol. The molecule has 0 aliphatic carbocycles. The molecule has 1 amide bonds. The first-order valence-corrected chi connectivity index (χ1v) is 14.5. The number of primary amides is 1. The summed E-state index contributed by atoms with van der Waals surface area (Å²) in [5, 5.41) is 1.38. The predicted octanol–water partition coefficient (Wildman–Crippen LogP) is 5.69. The van der Waals surface area contributed by atoms with E-state index in [1.165, 1.54) is 33.5 Å². The number of nitrogens with zero attached hydrogens (tertiary/aromatic N) is 4. The molecule has 2 fully saturated rings. The van der Waals surface area contributed by atoms with Crippen molar-refractivity contribution < 1.29 is 23.7 Å². The van der Waals surface area contributed by atoms with Gasteiger partial charge in [-0.3, -0.25) is 4.79 Å². The number of carbonyl (C=O) groups excluding carboxylic acids is 1. The zero-order chi connectivity index (χ0) is 32.0. The van der Waals surface area contributed by atoms with Crippen LogP contribution in [0.15, 0.2) is 31.0 Å². The molecular weight excluding hydrogens is 595 g/mol. The maximum absolute atomic E-state index is 8.58. The Balaban J connectivity index is 0.000000454. The lowest BCUT2D eigenvalue weighted by Crippen LogP contribution is -2.32. The molecule has 2 aliphatic heterocycles. The summed E-state index contributed by atoms with van der Waals surface area (Å²) in [7, 11) is 4.76. The average molecular weight is 638 g/mol. The number of amides is 1. The second-order valence-electron chi connectivity index (χ2n) is 9.82. The van der Waals surface area contributed by atoms with Gasteiger partial charge in [-0.15, -0.1) is 6.58 Å². The number of ether oxygens (including phenoxy) is 4. The Labute approximate surface area is 263 Å². The molecule has 1 unspecified atom stereocenters. The van der Waals surface area contributed by atoms with Gasteiger partial charge in [-0.2, -0.15) is 0 Å². The van der Waals surface area contributed by atoms with Crippen molar-refractivity contribution in [3.05, 3.63) is 41.0 Å². The van der Waals surface area contributed by atoms with Gasteiger partial charge in [0.1, 0.15) is 23.1 Å². The lowest BCUT2D eigenvalue weighted by Gasteiger charge is -2.24. The van der Waals surface area contributed by atoms with E-state index in [9.17, 15) is 0 Å². The van der Waals surface area contributed by atoms with Gasteiger partial charge in [-0.25, -0.2) is 15.0 Å². The third kappa shape index (κ3) is 9.56. The Bertz CT molecular complexity index is 1310. The maximum atomic E-state index is 8.58. The van der Waals surface area contributed by atoms with E-state index in [0.29, 0.717) is 56.6 Å². The molecule has 3 aromatic rings. The summed E-state index contributed by atoms with van der Waals surface area (Å²) in [6, 6.07) is 3.40. The third-order valence-electron chi connectivity index (χ3n) is 6.69. The fourth-order valence-electron chi connectivity index (χ4n) is 4.43. The molecule has 1 aromatic carbocycles. The number of pyridine rings is 1. The summed E-state index contributed by atoms with van der Waals surface area (Å²) >= 11 is 13.2. The molecule has 43 heavy (non-hydrogen) atoms. The highest BCUT2D eigenvalue weighted by Gasteiger charge is 2.35. The zero-order valence-corrected chi connectivity index (χ0v) is 27.0. The van der Waals surface area contributed by atoms with Crippen LogP contribution in [0.5, 0.6) is 11.5 Å². The highest BCUT2D eigenvalue weighted by atomic mass is 35.5. The van der Waals surface area contributed by atoms with Crippen LogP contribution >= 0.6 is 23.2 Å². The molecule has 2 aliphatic rings. The van der Waals surface area contributed by atoms with E-state index in [1.54, 1.807) is 31.5 Å². The second-order valence-corrected chi connectivity index (χ2v) is 10.6. The monoisotopic (exact) mass is 636 g/mol. The van der Waals surface area contributed by atoms with Gasteiger partial charge in [0.25, 0.3) is 0 Å². The van der Waals surface area contributed by atoms with Gasteiger partial charge in [-0.05, 0) is 45.6 Å². The topological polar surface area (TPSA) is 148 Å². The van der Waals surface area contributed by atoms with Crippen molar-refractivity contribution in [3.63, 3.8) is 0 Å². The number of hydrogen-bond donors (Lipinski definition) is 2. The minimum absolute atomic E-state index is 0.250. The van der Waals surface area contributed by atoms with Gasteiger partial charge in [0.05, 0.1) is 47.1 Å². The molecule has 236 valence electrons. The molecule has 4 heterocycles. The maximum Gasteiger partial charge on any atom is 0.204 e. The Hall–Kier alpha value is -3.38. The number of rotatable bonds is 5. The largest absolute Gasteiger partial charge is 0.495 e. The van der Waals surface area contributed by atoms with Crippen LogP contribution in [0.2, 0.25) is 10.0 Å². The number of fused-ring (bicyclic) bond motifs is 1. The van der Waals surface area contributed by atoms with E-state index in [1.807, 2.05) is 6.92 Å². The molecule has 0 saturated carbocycles.